The molecule has 0 heterocycles. The van der Waals surface area contributed by atoms with Gasteiger partial charge in [0.1, 0.15) is 5.82 Å². The maximum atomic E-state index is 12.9. The van der Waals surface area contributed by atoms with Gasteiger partial charge < -0.3 is 4.90 Å². The van der Waals surface area contributed by atoms with Gasteiger partial charge in [-0.2, -0.15) is 0 Å². The zero-order valence-corrected chi connectivity index (χ0v) is 13.0. The van der Waals surface area contributed by atoms with Crippen LogP contribution >= 0.6 is 11.8 Å². The number of amides is 1. The number of thioether (sulfide) groups is 1. The van der Waals surface area contributed by atoms with Crippen molar-refractivity contribution in [1.29, 1.82) is 0 Å². The van der Waals surface area contributed by atoms with Gasteiger partial charge in [0.15, 0.2) is 0 Å². The van der Waals surface area contributed by atoms with E-state index in [1.165, 1.54) is 43.2 Å². The molecule has 0 saturated heterocycles. The van der Waals surface area contributed by atoms with Crippen molar-refractivity contribution in [2.75, 3.05) is 7.05 Å². The van der Waals surface area contributed by atoms with E-state index in [2.05, 4.69) is 0 Å². The van der Waals surface area contributed by atoms with Crippen molar-refractivity contribution in [3.8, 4) is 0 Å². The molecule has 110 valence electrons. The summed E-state index contributed by atoms with van der Waals surface area (Å²) in [7, 11) is 1.92. The lowest BCUT2D eigenvalue weighted by Gasteiger charge is -2.32. The van der Waals surface area contributed by atoms with Crippen LogP contribution in [0.25, 0.3) is 0 Å². The number of nitrogens with zero attached hydrogens (tertiary/aromatic N) is 1. The minimum absolute atomic E-state index is 0.132. The molecule has 0 N–H and O–H groups in total. The topological polar surface area (TPSA) is 20.3 Å². The summed E-state index contributed by atoms with van der Waals surface area (Å²) in [6.07, 6.45) is 5.98. The maximum Gasteiger partial charge on any atom is 0.235 e. The van der Waals surface area contributed by atoms with E-state index in [4.69, 9.17) is 0 Å². The lowest BCUT2D eigenvalue weighted by molar-refractivity contribution is -0.131. The van der Waals surface area contributed by atoms with Crippen LogP contribution in [0.5, 0.6) is 0 Å². The van der Waals surface area contributed by atoms with E-state index in [0.717, 1.165) is 17.7 Å². The van der Waals surface area contributed by atoms with Crippen LogP contribution in [0.4, 0.5) is 4.39 Å². The highest BCUT2D eigenvalue weighted by atomic mass is 32.2. The third kappa shape index (κ3) is 3.98. The SMILES string of the molecule is CC(Sc1ccc(F)cc1)C(=O)N(C)C1CCCCC1. The summed E-state index contributed by atoms with van der Waals surface area (Å²) in [6, 6.07) is 6.72. The molecule has 1 atom stereocenters. The van der Waals surface area contributed by atoms with Gasteiger partial charge in [0.2, 0.25) is 5.91 Å². The fourth-order valence-electron chi connectivity index (χ4n) is 2.70. The predicted molar refractivity (Wildman–Crippen MR) is 81.4 cm³/mol. The predicted octanol–water partition coefficient (Wildman–Crippen LogP) is 4.10. The van der Waals surface area contributed by atoms with Crippen molar-refractivity contribution in [3.63, 3.8) is 0 Å². The molecule has 1 aromatic rings. The van der Waals surface area contributed by atoms with Crippen LogP contribution in [0.15, 0.2) is 29.2 Å². The summed E-state index contributed by atoms with van der Waals surface area (Å²) in [5, 5.41) is -0.132. The van der Waals surface area contributed by atoms with Crippen molar-refractivity contribution in [3.05, 3.63) is 30.1 Å². The van der Waals surface area contributed by atoms with Crippen molar-refractivity contribution >= 4 is 17.7 Å². The molecule has 1 aromatic carbocycles. The smallest absolute Gasteiger partial charge is 0.235 e. The molecule has 2 nitrogen and oxygen atoms in total. The molecule has 0 spiro atoms. The number of benzene rings is 1. The van der Waals surface area contributed by atoms with Crippen LogP contribution in [0.2, 0.25) is 0 Å². The molecule has 20 heavy (non-hydrogen) atoms. The highest BCUT2D eigenvalue weighted by Crippen LogP contribution is 2.27. The Morgan fingerprint density at radius 2 is 1.85 bits per heavy atom. The molecule has 1 fully saturated rings. The third-order valence-corrected chi connectivity index (χ3v) is 5.04. The normalized spacial score (nSPS) is 17.8. The van der Waals surface area contributed by atoms with E-state index in [-0.39, 0.29) is 17.0 Å². The van der Waals surface area contributed by atoms with E-state index in [9.17, 15) is 9.18 Å². The summed E-state index contributed by atoms with van der Waals surface area (Å²) < 4.78 is 12.9. The van der Waals surface area contributed by atoms with Gasteiger partial charge in [-0.25, -0.2) is 4.39 Å². The van der Waals surface area contributed by atoms with Gasteiger partial charge in [-0.15, -0.1) is 11.8 Å². The zero-order valence-electron chi connectivity index (χ0n) is 12.1. The average Bonchev–Trinajstić information content (AvgIpc) is 2.49. The Balaban J connectivity index is 1.92. The second-order valence-electron chi connectivity index (χ2n) is 5.45. The molecular formula is C16H22FNOS. The van der Waals surface area contributed by atoms with Crippen LogP contribution in [0.1, 0.15) is 39.0 Å². The fourth-order valence-corrected chi connectivity index (χ4v) is 3.67. The molecule has 1 saturated carbocycles. The molecule has 0 aliphatic heterocycles. The van der Waals surface area contributed by atoms with Gasteiger partial charge in [0.05, 0.1) is 5.25 Å². The summed E-state index contributed by atoms with van der Waals surface area (Å²) in [5.41, 5.74) is 0. The Labute approximate surface area is 124 Å². The van der Waals surface area contributed by atoms with E-state index >= 15 is 0 Å². The highest BCUT2D eigenvalue weighted by molar-refractivity contribution is 8.00. The van der Waals surface area contributed by atoms with Crippen LogP contribution in [0.3, 0.4) is 0 Å². The van der Waals surface area contributed by atoms with Crippen molar-refractivity contribution in [2.45, 2.75) is 55.2 Å². The molecule has 2 rings (SSSR count). The second-order valence-corrected chi connectivity index (χ2v) is 6.87. The van der Waals surface area contributed by atoms with E-state index in [1.807, 2.05) is 18.9 Å². The van der Waals surface area contributed by atoms with E-state index < -0.39 is 0 Å². The Morgan fingerprint density at radius 3 is 2.45 bits per heavy atom. The number of hydrogen-bond acceptors (Lipinski definition) is 2. The Bertz CT molecular complexity index is 442. The molecule has 1 amide bonds. The molecule has 4 heteroatoms. The largest absolute Gasteiger partial charge is 0.342 e. The van der Waals surface area contributed by atoms with Crippen LogP contribution in [0, 0.1) is 5.82 Å². The van der Waals surface area contributed by atoms with Gasteiger partial charge in [-0.3, -0.25) is 4.79 Å². The lowest BCUT2D eigenvalue weighted by atomic mass is 9.94. The molecule has 1 aliphatic rings. The first kappa shape index (κ1) is 15.4. The molecule has 0 aromatic heterocycles. The number of carbonyl (C=O) groups is 1. The first-order valence-electron chi connectivity index (χ1n) is 7.27. The molecular weight excluding hydrogens is 273 g/mol. The van der Waals surface area contributed by atoms with Gasteiger partial charge in [-0.05, 0) is 44.0 Å². The minimum atomic E-state index is -0.243. The zero-order chi connectivity index (χ0) is 14.5. The van der Waals surface area contributed by atoms with Gasteiger partial charge >= 0.3 is 0 Å². The van der Waals surface area contributed by atoms with Gasteiger partial charge in [0, 0.05) is 18.0 Å². The first-order chi connectivity index (χ1) is 9.58. The highest BCUT2D eigenvalue weighted by Gasteiger charge is 2.25. The van der Waals surface area contributed by atoms with E-state index in [1.54, 1.807) is 12.1 Å². The first-order valence-corrected chi connectivity index (χ1v) is 8.15. The third-order valence-electron chi connectivity index (χ3n) is 3.94. The molecule has 0 radical (unpaired) electrons. The summed E-state index contributed by atoms with van der Waals surface area (Å²) in [4.78, 5) is 15.3. The second kappa shape index (κ2) is 7.11. The Kier molecular flexibility index (Phi) is 5.46. The Hall–Kier alpha value is -1.03. The van der Waals surface area contributed by atoms with Crippen LogP contribution in [-0.4, -0.2) is 29.1 Å². The summed E-state index contributed by atoms with van der Waals surface area (Å²) >= 11 is 1.49. The lowest BCUT2D eigenvalue weighted by Crippen LogP contribution is -2.42. The van der Waals surface area contributed by atoms with Crippen molar-refractivity contribution in [2.24, 2.45) is 0 Å². The summed E-state index contributed by atoms with van der Waals surface area (Å²) in [5.74, 6) is -0.0705. The van der Waals surface area contributed by atoms with Crippen molar-refractivity contribution < 1.29 is 9.18 Å². The molecule has 1 unspecified atom stereocenters. The minimum Gasteiger partial charge on any atom is -0.342 e. The number of halogens is 1. The monoisotopic (exact) mass is 295 g/mol. The maximum absolute atomic E-state index is 12.9. The molecule has 0 bridgehead atoms. The van der Waals surface area contributed by atoms with Crippen LogP contribution < -0.4 is 0 Å². The fraction of sp³-hybridized carbons (Fsp3) is 0.562. The molecule has 1 aliphatic carbocycles. The number of hydrogen-bond donors (Lipinski definition) is 0. The van der Waals surface area contributed by atoms with Crippen LogP contribution in [-0.2, 0) is 4.79 Å². The number of rotatable bonds is 4. The average molecular weight is 295 g/mol. The Morgan fingerprint density at radius 1 is 1.25 bits per heavy atom. The van der Waals surface area contributed by atoms with Gasteiger partial charge in [-0.1, -0.05) is 19.3 Å². The summed E-state index contributed by atoms with van der Waals surface area (Å²) in [6.45, 7) is 1.93. The standard InChI is InChI=1S/C16H22FNOS/c1-12(20-15-10-8-13(17)9-11-15)16(19)18(2)14-6-4-3-5-7-14/h8-12,14H,3-7H2,1-2H3. The van der Waals surface area contributed by atoms with Crippen molar-refractivity contribution in [1.82, 2.24) is 4.90 Å². The van der Waals surface area contributed by atoms with E-state index in [0.29, 0.717) is 6.04 Å². The number of carbonyl (C=O) groups excluding carboxylic acids is 1. The quantitative estimate of drug-likeness (QED) is 0.780. The van der Waals surface area contributed by atoms with Gasteiger partial charge in [0.25, 0.3) is 0 Å².